The van der Waals surface area contributed by atoms with E-state index in [0.29, 0.717) is 11.8 Å². The van der Waals surface area contributed by atoms with Gasteiger partial charge in [-0.3, -0.25) is 0 Å². The Kier molecular flexibility index (Phi) is 3.13. The highest BCUT2D eigenvalue weighted by molar-refractivity contribution is 6.62. The molecule has 6 rings (SSSR count). The predicted molar refractivity (Wildman–Crippen MR) is 102 cm³/mol. The second-order valence-corrected chi connectivity index (χ2v) is 8.86. The zero-order valence-electron chi connectivity index (χ0n) is 15.4. The molecular formula is C22H25BO2. The standard InChI is InChI=1S/C22H25BO2/c1-21(2)22(3,4)25-23(24-21)16-9-5-14(6-10-16)19-13-20-17-11-7-15(19)8-12-18(17)20/h5-13,15,17-18,20H,1-4H3. The van der Waals surface area contributed by atoms with E-state index in [9.17, 15) is 0 Å². The minimum Gasteiger partial charge on any atom is -0.399 e. The summed E-state index contributed by atoms with van der Waals surface area (Å²) in [5.41, 5.74) is 3.26. The Balaban J connectivity index is 1.42. The van der Waals surface area contributed by atoms with Gasteiger partial charge in [0.15, 0.2) is 0 Å². The van der Waals surface area contributed by atoms with Crippen LogP contribution in [0.25, 0.3) is 5.57 Å². The van der Waals surface area contributed by atoms with Crippen LogP contribution in [0.2, 0.25) is 0 Å². The molecule has 1 saturated carbocycles. The molecule has 1 aliphatic heterocycles. The van der Waals surface area contributed by atoms with Crippen LogP contribution in [0.4, 0.5) is 0 Å². The molecule has 0 N–H and O–H groups in total. The molecule has 4 aliphatic carbocycles. The second kappa shape index (κ2) is 4.99. The molecule has 2 unspecified atom stereocenters. The van der Waals surface area contributed by atoms with Crippen LogP contribution in [0.1, 0.15) is 33.3 Å². The van der Waals surface area contributed by atoms with Crippen molar-refractivity contribution in [2.75, 3.05) is 0 Å². The van der Waals surface area contributed by atoms with E-state index in [1.165, 1.54) is 11.1 Å². The van der Waals surface area contributed by atoms with E-state index in [1.807, 2.05) is 0 Å². The molecule has 25 heavy (non-hydrogen) atoms. The molecule has 1 aromatic carbocycles. The van der Waals surface area contributed by atoms with Crippen molar-refractivity contribution < 1.29 is 9.31 Å². The van der Waals surface area contributed by atoms with Gasteiger partial charge in [-0.15, -0.1) is 0 Å². The monoisotopic (exact) mass is 332 g/mol. The number of hydrogen-bond donors (Lipinski definition) is 0. The Morgan fingerprint density at radius 2 is 1.32 bits per heavy atom. The highest BCUT2D eigenvalue weighted by Gasteiger charge is 2.52. The van der Waals surface area contributed by atoms with Crippen LogP contribution >= 0.6 is 0 Å². The normalized spacial score (nSPS) is 36.2. The van der Waals surface area contributed by atoms with Crippen molar-refractivity contribution in [2.24, 2.45) is 23.7 Å². The van der Waals surface area contributed by atoms with Crippen LogP contribution in [-0.2, 0) is 9.31 Å². The SMILES string of the molecule is CC1(C)OB(c2ccc(C3=CC4C5C=CC3C=CC54)cc2)OC1(C)C. The molecule has 1 heterocycles. The Labute approximate surface area is 150 Å². The number of benzene rings is 1. The summed E-state index contributed by atoms with van der Waals surface area (Å²) < 4.78 is 12.3. The molecule has 4 bridgehead atoms. The van der Waals surface area contributed by atoms with Crippen molar-refractivity contribution >= 4 is 18.2 Å². The number of allylic oxidation sites excluding steroid dienone is 6. The molecule has 2 fully saturated rings. The Morgan fingerprint density at radius 1 is 0.760 bits per heavy atom. The Morgan fingerprint density at radius 3 is 1.88 bits per heavy atom. The van der Waals surface area contributed by atoms with Crippen molar-refractivity contribution in [3.63, 3.8) is 0 Å². The lowest BCUT2D eigenvalue weighted by Crippen LogP contribution is -2.41. The van der Waals surface area contributed by atoms with Crippen LogP contribution in [0, 0.1) is 23.7 Å². The molecule has 2 atom stereocenters. The molecule has 1 saturated heterocycles. The molecule has 2 nitrogen and oxygen atoms in total. The van der Waals surface area contributed by atoms with Gasteiger partial charge in [0.2, 0.25) is 0 Å². The minimum atomic E-state index is -0.296. The first-order valence-electron chi connectivity index (χ1n) is 9.40. The average molecular weight is 332 g/mol. The maximum Gasteiger partial charge on any atom is 0.494 e. The maximum atomic E-state index is 6.17. The van der Waals surface area contributed by atoms with Crippen molar-refractivity contribution in [3.8, 4) is 0 Å². The summed E-state index contributed by atoms with van der Waals surface area (Å²) >= 11 is 0. The first-order chi connectivity index (χ1) is 11.9. The van der Waals surface area contributed by atoms with Gasteiger partial charge < -0.3 is 9.31 Å². The molecule has 3 heteroatoms. The third-order valence-corrected chi connectivity index (χ3v) is 6.77. The fourth-order valence-electron chi connectivity index (χ4n) is 4.31. The highest BCUT2D eigenvalue weighted by atomic mass is 16.7. The van der Waals surface area contributed by atoms with E-state index < -0.39 is 0 Å². The van der Waals surface area contributed by atoms with Crippen molar-refractivity contribution in [1.82, 2.24) is 0 Å². The molecular weight excluding hydrogens is 307 g/mol. The highest BCUT2D eigenvalue weighted by Crippen LogP contribution is 2.55. The van der Waals surface area contributed by atoms with E-state index in [1.54, 1.807) is 0 Å². The molecule has 0 spiro atoms. The predicted octanol–water partition coefficient (Wildman–Crippen LogP) is 3.99. The molecule has 1 aromatic rings. The fraction of sp³-hybridized carbons (Fsp3) is 0.455. The van der Waals surface area contributed by atoms with Gasteiger partial charge in [-0.1, -0.05) is 54.6 Å². The molecule has 0 radical (unpaired) electrons. The van der Waals surface area contributed by atoms with Crippen molar-refractivity contribution in [3.05, 3.63) is 60.2 Å². The smallest absolute Gasteiger partial charge is 0.399 e. The summed E-state index contributed by atoms with van der Waals surface area (Å²) in [6, 6.07) is 8.77. The average Bonchev–Trinajstić information content (AvgIpc) is 3.27. The van der Waals surface area contributed by atoms with Crippen LogP contribution in [0.3, 0.4) is 0 Å². The van der Waals surface area contributed by atoms with Gasteiger partial charge in [0.1, 0.15) is 0 Å². The summed E-state index contributed by atoms with van der Waals surface area (Å²) in [5, 5.41) is 0. The Bertz CT molecular complexity index is 764. The lowest BCUT2D eigenvalue weighted by atomic mass is 9.78. The summed E-state index contributed by atoms with van der Waals surface area (Å²) in [5.74, 6) is 2.60. The maximum absolute atomic E-state index is 6.17. The topological polar surface area (TPSA) is 18.5 Å². The first-order valence-corrected chi connectivity index (χ1v) is 9.40. The third kappa shape index (κ3) is 2.33. The van der Waals surface area contributed by atoms with Gasteiger partial charge in [-0.2, -0.15) is 0 Å². The molecule has 5 aliphatic rings. The van der Waals surface area contributed by atoms with E-state index in [-0.39, 0.29) is 18.3 Å². The molecule has 0 aromatic heterocycles. The zero-order chi connectivity index (χ0) is 17.4. The van der Waals surface area contributed by atoms with Gasteiger partial charge in [-0.25, -0.2) is 0 Å². The van der Waals surface area contributed by atoms with Gasteiger partial charge in [0.25, 0.3) is 0 Å². The zero-order valence-corrected chi connectivity index (χ0v) is 15.4. The number of hydrogen-bond acceptors (Lipinski definition) is 2. The van der Waals surface area contributed by atoms with Crippen LogP contribution in [0.5, 0.6) is 0 Å². The largest absolute Gasteiger partial charge is 0.494 e. The van der Waals surface area contributed by atoms with Crippen molar-refractivity contribution in [2.45, 2.75) is 38.9 Å². The fourth-order valence-corrected chi connectivity index (χ4v) is 4.31. The van der Waals surface area contributed by atoms with Gasteiger partial charge in [0.05, 0.1) is 11.2 Å². The minimum absolute atomic E-state index is 0.286. The van der Waals surface area contributed by atoms with Gasteiger partial charge >= 0.3 is 7.12 Å². The summed E-state index contributed by atoms with van der Waals surface area (Å²) in [6.07, 6.45) is 12.1. The Hall–Kier alpha value is -1.58. The molecule has 128 valence electrons. The molecule has 0 amide bonds. The first kappa shape index (κ1) is 15.7. The van der Waals surface area contributed by atoms with Crippen LogP contribution in [0.15, 0.2) is 54.6 Å². The lowest BCUT2D eigenvalue weighted by Gasteiger charge is -2.32. The van der Waals surface area contributed by atoms with E-state index in [4.69, 9.17) is 9.31 Å². The quantitative estimate of drug-likeness (QED) is 0.602. The van der Waals surface area contributed by atoms with Gasteiger partial charge in [-0.05, 0) is 62.0 Å². The van der Waals surface area contributed by atoms with E-state index >= 15 is 0 Å². The van der Waals surface area contributed by atoms with Gasteiger partial charge in [0, 0.05) is 5.92 Å². The summed E-state index contributed by atoms with van der Waals surface area (Å²) in [4.78, 5) is 0. The van der Waals surface area contributed by atoms with Crippen LogP contribution in [-0.4, -0.2) is 18.3 Å². The number of rotatable bonds is 2. The van der Waals surface area contributed by atoms with E-state index in [0.717, 1.165) is 17.3 Å². The lowest BCUT2D eigenvalue weighted by molar-refractivity contribution is 0.00578. The van der Waals surface area contributed by atoms with Crippen LogP contribution < -0.4 is 5.46 Å². The third-order valence-electron chi connectivity index (χ3n) is 6.77. The summed E-state index contributed by atoms with van der Waals surface area (Å²) in [7, 11) is -0.286. The van der Waals surface area contributed by atoms with Crippen molar-refractivity contribution in [1.29, 1.82) is 0 Å². The van der Waals surface area contributed by atoms with E-state index in [2.05, 4.69) is 82.3 Å². The second-order valence-electron chi connectivity index (χ2n) is 8.86. The summed E-state index contributed by atoms with van der Waals surface area (Å²) in [6.45, 7) is 8.38.